The van der Waals surface area contributed by atoms with Gasteiger partial charge in [-0.15, -0.1) is 0 Å². The molecule has 0 aliphatic heterocycles. The molecule has 2 amide bonds. The van der Waals surface area contributed by atoms with Crippen LogP contribution in [0.3, 0.4) is 0 Å². The van der Waals surface area contributed by atoms with E-state index in [0.29, 0.717) is 18.5 Å². The Morgan fingerprint density at radius 3 is 2.15 bits per heavy atom. The van der Waals surface area contributed by atoms with Crippen LogP contribution in [-0.2, 0) is 32.6 Å². The van der Waals surface area contributed by atoms with Gasteiger partial charge in [0.2, 0.25) is 21.8 Å². The zero-order valence-electron chi connectivity index (χ0n) is 20.4. The molecular formula is C25H34FN3O4S. The maximum atomic E-state index is 14.4. The zero-order valence-corrected chi connectivity index (χ0v) is 21.2. The maximum absolute atomic E-state index is 14.4. The summed E-state index contributed by atoms with van der Waals surface area (Å²) in [6, 6.07) is 11.9. The van der Waals surface area contributed by atoms with Crippen molar-refractivity contribution in [3.63, 3.8) is 0 Å². The molecule has 0 heterocycles. The Labute approximate surface area is 202 Å². The third-order valence-electron chi connectivity index (χ3n) is 5.79. The van der Waals surface area contributed by atoms with E-state index < -0.39 is 34.3 Å². The third kappa shape index (κ3) is 7.03. The Morgan fingerprint density at radius 1 is 1.00 bits per heavy atom. The average molecular weight is 492 g/mol. The Bertz CT molecular complexity index is 1110. The molecule has 1 N–H and O–H groups in total. The highest BCUT2D eigenvalue weighted by Crippen LogP contribution is 2.24. The zero-order chi connectivity index (χ0) is 25.5. The third-order valence-corrected chi connectivity index (χ3v) is 6.91. The van der Waals surface area contributed by atoms with Gasteiger partial charge in [-0.1, -0.05) is 50.2 Å². The van der Waals surface area contributed by atoms with Gasteiger partial charge in [0.1, 0.15) is 18.4 Å². The largest absolute Gasteiger partial charge is 0.352 e. The lowest BCUT2D eigenvalue weighted by molar-refractivity contribution is -0.139. The molecule has 34 heavy (non-hydrogen) atoms. The van der Waals surface area contributed by atoms with Crippen molar-refractivity contribution in [1.82, 2.24) is 10.2 Å². The first-order valence-electron chi connectivity index (χ1n) is 11.4. The highest BCUT2D eigenvalue weighted by atomic mass is 32.2. The predicted octanol–water partition coefficient (Wildman–Crippen LogP) is 3.49. The van der Waals surface area contributed by atoms with Crippen LogP contribution in [0, 0.1) is 5.82 Å². The van der Waals surface area contributed by atoms with Crippen LogP contribution in [0.4, 0.5) is 10.1 Å². The number of nitrogens with zero attached hydrogens (tertiary/aromatic N) is 2. The van der Waals surface area contributed by atoms with E-state index in [-0.39, 0.29) is 24.1 Å². The lowest BCUT2D eigenvalue weighted by atomic mass is 10.1. The Hall–Kier alpha value is -2.94. The van der Waals surface area contributed by atoms with Gasteiger partial charge in [0.15, 0.2) is 0 Å². The molecule has 0 unspecified atom stereocenters. The molecular weight excluding hydrogens is 457 g/mol. The number of amides is 2. The lowest BCUT2D eigenvalue weighted by Crippen LogP contribution is -2.52. The quantitative estimate of drug-likeness (QED) is 0.521. The normalized spacial score (nSPS) is 13.1. The van der Waals surface area contributed by atoms with Crippen LogP contribution in [-0.4, -0.2) is 50.0 Å². The number of anilines is 1. The van der Waals surface area contributed by atoms with Gasteiger partial charge in [-0.05, 0) is 44.4 Å². The SMILES string of the molecule is CCc1ccccc1N(CC(=O)N(Cc1ccccc1F)[C@H](C)C(=O)N[C@H](C)CC)S(C)(=O)=O. The number of aryl methyl sites for hydroxylation is 1. The summed E-state index contributed by atoms with van der Waals surface area (Å²) in [6.45, 7) is 6.54. The fourth-order valence-corrected chi connectivity index (χ4v) is 4.39. The summed E-state index contributed by atoms with van der Waals surface area (Å²) in [4.78, 5) is 27.6. The van der Waals surface area contributed by atoms with E-state index in [4.69, 9.17) is 0 Å². The Balaban J connectivity index is 2.44. The first kappa shape index (κ1) is 27.3. The number of halogens is 1. The molecule has 0 aromatic heterocycles. The summed E-state index contributed by atoms with van der Waals surface area (Å²) in [5.41, 5.74) is 1.41. The van der Waals surface area contributed by atoms with Crippen molar-refractivity contribution in [2.24, 2.45) is 0 Å². The second-order valence-electron chi connectivity index (χ2n) is 8.36. The molecule has 0 fully saturated rings. The minimum absolute atomic E-state index is 0.107. The summed E-state index contributed by atoms with van der Waals surface area (Å²) >= 11 is 0. The second kappa shape index (κ2) is 12.0. The number of carbonyl (C=O) groups excluding carboxylic acids is 2. The van der Waals surface area contributed by atoms with Crippen molar-refractivity contribution in [2.75, 3.05) is 17.1 Å². The van der Waals surface area contributed by atoms with Crippen LogP contribution in [0.25, 0.3) is 0 Å². The monoisotopic (exact) mass is 491 g/mol. The van der Waals surface area contributed by atoms with Crippen molar-refractivity contribution in [3.8, 4) is 0 Å². The summed E-state index contributed by atoms with van der Waals surface area (Å²) < 4.78 is 40.8. The average Bonchev–Trinajstić information content (AvgIpc) is 2.80. The standard InChI is InChI=1S/C25H34FN3O4S/c1-6-18(3)27-25(31)19(4)28(16-21-13-8-10-14-22(21)26)24(30)17-29(34(5,32)33)23-15-11-9-12-20(23)7-2/h8-15,18-19H,6-7,16-17H2,1-5H3,(H,27,31)/t18-,19-/m1/s1. The van der Waals surface area contributed by atoms with Crippen LogP contribution in [0.5, 0.6) is 0 Å². The smallest absolute Gasteiger partial charge is 0.244 e. The molecule has 9 heteroatoms. The van der Waals surface area contributed by atoms with E-state index in [1.54, 1.807) is 37.3 Å². The molecule has 0 aliphatic carbocycles. The van der Waals surface area contributed by atoms with Crippen LogP contribution in [0.15, 0.2) is 48.5 Å². The number of para-hydroxylation sites is 1. The molecule has 2 rings (SSSR count). The molecule has 0 bridgehead atoms. The molecule has 186 valence electrons. The Kier molecular flexibility index (Phi) is 9.61. The molecule has 0 saturated heterocycles. The van der Waals surface area contributed by atoms with Crippen molar-refractivity contribution in [2.45, 2.75) is 59.2 Å². The van der Waals surface area contributed by atoms with Gasteiger partial charge in [0, 0.05) is 18.2 Å². The number of benzene rings is 2. The van der Waals surface area contributed by atoms with Crippen molar-refractivity contribution >= 4 is 27.5 Å². The van der Waals surface area contributed by atoms with Crippen LogP contribution in [0.2, 0.25) is 0 Å². The second-order valence-corrected chi connectivity index (χ2v) is 10.3. The van der Waals surface area contributed by atoms with Crippen molar-refractivity contribution < 1.29 is 22.4 Å². The fraction of sp³-hybridized carbons (Fsp3) is 0.440. The van der Waals surface area contributed by atoms with Gasteiger partial charge in [0.05, 0.1) is 11.9 Å². The van der Waals surface area contributed by atoms with Gasteiger partial charge in [-0.3, -0.25) is 13.9 Å². The summed E-state index contributed by atoms with van der Waals surface area (Å²) in [5, 5.41) is 2.84. The van der Waals surface area contributed by atoms with Gasteiger partial charge in [-0.25, -0.2) is 12.8 Å². The minimum Gasteiger partial charge on any atom is -0.352 e. The van der Waals surface area contributed by atoms with E-state index >= 15 is 0 Å². The first-order valence-corrected chi connectivity index (χ1v) is 13.2. The fourth-order valence-electron chi connectivity index (χ4n) is 3.51. The Morgan fingerprint density at radius 2 is 1.59 bits per heavy atom. The highest BCUT2D eigenvalue weighted by Gasteiger charge is 2.31. The number of hydrogen-bond acceptors (Lipinski definition) is 4. The van der Waals surface area contributed by atoms with Gasteiger partial charge >= 0.3 is 0 Å². The van der Waals surface area contributed by atoms with E-state index in [2.05, 4.69) is 5.32 Å². The van der Waals surface area contributed by atoms with E-state index in [1.165, 1.54) is 23.1 Å². The van der Waals surface area contributed by atoms with Gasteiger partial charge in [0.25, 0.3) is 0 Å². The van der Waals surface area contributed by atoms with E-state index in [9.17, 15) is 22.4 Å². The summed E-state index contributed by atoms with van der Waals surface area (Å²) in [6.07, 6.45) is 2.31. The van der Waals surface area contributed by atoms with Crippen LogP contribution >= 0.6 is 0 Å². The van der Waals surface area contributed by atoms with E-state index in [1.807, 2.05) is 20.8 Å². The topological polar surface area (TPSA) is 86.8 Å². The molecule has 0 saturated carbocycles. The van der Waals surface area contributed by atoms with Gasteiger partial charge in [-0.2, -0.15) is 0 Å². The van der Waals surface area contributed by atoms with E-state index in [0.717, 1.165) is 16.1 Å². The molecule has 0 aliphatic rings. The molecule has 7 nitrogen and oxygen atoms in total. The maximum Gasteiger partial charge on any atom is 0.244 e. The van der Waals surface area contributed by atoms with Crippen molar-refractivity contribution in [1.29, 1.82) is 0 Å². The first-order chi connectivity index (χ1) is 16.0. The van der Waals surface area contributed by atoms with Crippen LogP contribution < -0.4 is 9.62 Å². The number of hydrogen-bond donors (Lipinski definition) is 1. The number of nitrogens with one attached hydrogen (secondary N) is 1. The number of sulfonamides is 1. The number of carbonyl (C=O) groups is 2. The molecule has 2 aromatic carbocycles. The van der Waals surface area contributed by atoms with Crippen molar-refractivity contribution in [3.05, 3.63) is 65.5 Å². The number of rotatable bonds is 11. The predicted molar refractivity (Wildman–Crippen MR) is 132 cm³/mol. The van der Waals surface area contributed by atoms with Crippen LogP contribution in [0.1, 0.15) is 45.2 Å². The highest BCUT2D eigenvalue weighted by molar-refractivity contribution is 7.92. The molecule has 0 radical (unpaired) electrons. The molecule has 2 atom stereocenters. The lowest BCUT2D eigenvalue weighted by Gasteiger charge is -2.32. The minimum atomic E-state index is -3.82. The summed E-state index contributed by atoms with van der Waals surface area (Å²) in [7, 11) is -3.82. The molecule has 2 aromatic rings. The van der Waals surface area contributed by atoms with Gasteiger partial charge < -0.3 is 10.2 Å². The molecule has 0 spiro atoms. The summed E-state index contributed by atoms with van der Waals surface area (Å²) in [5.74, 6) is -1.50.